The Kier molecular flexibility index (Phi) is 7.02. The van der Waals surface area contributed by atoms with Crippen LogP contribution in [-0.4, -0.2) is 20.2 Å². The third-order valence-corrected chi connectivity index (χ3v) is 4.00. The molecule has 2 unspecified atom stereocenters. The van der Waals surface area contributed by atoms with Crippen LogP contribution in [0.4, 0.5) is 0 Å². The van der Waals surface area contributed by atoms with Crippen LogP contribution in [0, 0.1) is 11.3 Å². The highest BCUT2D eigenvalue weighted by molar-refractivity contribution is 6.30. The molecule has 0 aliphatic rings. The van der Waals surface area contributed by atoms with Gasteiger partial charge in [0.1, 0.15) is 5.75 Å². The van der Waals surface area contributed by atoms with Crippen molar-refractivity contribution in [2.75, 3.05) is 14.2 Å². The lowest BCUT2D eigenvalue weighted by Crippen LogP contribution is -2.30. The lowest BCUT2D eigenvalue weighted by Gasteiger charge is -2.27. The molecule has 0 heterocycles. The van der Waals surface area contributed by atoms with E-state index >= 15 is 0 Å². The third kappa shape index (κ3) is 6.71. The standard InChI is InChI=1S/C18H30ClNO/c1-13(12-18(2,3)4)9-16(20-5)11-14-10-15(19)7-8-17(14)21-6/h7-8,10,13,16,20H,9,11-12H2,1-6H3. The van der Waals surface area contributed by atoms with E-state index in [0.29, 0.717) is 17.4 Å². The van der Waals surface area contributed by atoms with Crippen LogP contribution in [0.2, 0.25) is 5.02 Å². The van der Waals surface area contributed by atoms with E-state index in [-0.39, 0.29) is 0 Å². The molecule has 21 heavy (non-hydrogen) atoms. The number of likely N-dealkylation sites (N-methyl/N-ethyl adjacent to an activating group) is 1. The van der Waals surface area contributed by atoms with Gasteiger partial charge in [-0.05, 0) is 61.4 Å². The van der Waals surface area contributed by atoms with E-state index in [0.717, 1.165) is 23.6 Å². The van der Waals surface area contributed by atoms with E-state index in [1.807, 2.05) is 25.2 Å². The van der Waals surface area contributed by atoms with Crippen LogP contribution in [-0.2, 0) is 6.42 Å². The van der Waals surface area contributed by atoms with E-state index in [9.17, 15) is 0 Å². The fourth-order valence-corrected chi connectivity index (χ4v) is 3.28. The molecular weight excluding hydrogens is 282 g/mol. The van der Waals surface area contributed by atoms with Gasteiger partial charge in [-0.25, -0.2) is 0 Å². The Hall–Kier alpha value is -0.730. The first-order valence-electron chi connectivity index (χ1n) is 7.75. The van der Waals surface area contributed by atoms with Crippen molar-refractivity contribution >= 4 is 11.6 Å². The Labute approximate surface area is 135 Å². The molecule has 1 aromatic rings. The molecule has 120 valence electrons. The summed E-state index contributed by atoms with van der Waals surface area (Å²) in [5, 5.41) is 4.21. The van der Waals surface area contributed by atoms with Crippen molar-refractivity contribution in [2.24, 2.45) is 11.3 Å². The first-order chi connectivity index (χ1) is 9.75. The van der Waals surface area contributed by atoms with Crippen molar-refractivity contribution in [3.8, 4) is 5.75 Å². The van der Waals surface area contributed by atoms with E-state index < -0.39 is 0 Å². The SMILES string of the molecule is CNC(Cc1cc(Cl)ccc1OC)CC(C)CC(C)(C)C. The second-order valence-corrected chi connectivity index (χ2v) is 7.69. The Morgan fingerprint density at radius 1 is 1.29 bits per heavy atom. The molecule has 1 N–H and O–H groups in total. The van der Waals surface area contributed by atoms with Gasteiger partial charge in [0.15, 0.2) is 0 Å². The molecule has 2 nitrogen and oxygen atoms in total. The fourth-order valence-electron chi connectivity index (χ4n) is 3.09. The topological polar surface area (TPSA) is 21.3 Å². The molecule has 0 aliphatic carbocycles. The van der Waals surface area contributed by atoms with Gasteiger partial charge in [0, 0.05) is 11.1 Å². The number of rotatable bonds is 7. The number of benzene rings is 1. The van der Waals surface area contributed by atoms with Gasteiger partial charge >= 0.3 is 0 Å². The fraction of sp³-hybridized carbons (Fsp3) is 0.667. The molecular formula is C18H30ClNO. The van der Waals surface area contributed by atoms with Gasteiger partial charge < -0.3 is 10.1 Å². The number of hydrogen-bond donors (Lipinski definition) is 1. The van der Waals surface area contributed by atoms with Crippen LogP contribution in [0.25, 0.3) is 0 Å². The highest BCUT2D eigenvalue weighted by atomic mass is 35.5. The van der Waals surface area contributed by atoms with Crippen molar-refractivity contribution < 1.29 is 4.74 Å². The molecule has 1 rings (SSSR count). The van der Waals surface area contributed by atoms with Gasteiger partial charge in [-0.2, -0.15) is 0 Å². The molecule has 0 radical (unpaired) electrons. The number of hydrogen-bond acceptors (Lipinski definition) is 2. The maximum absolute atomic E-state index is 6.12. The summed E-state index contributed by atoms with van der Waals surface area (Å²) in [5.74, 6) is 1.61. The van der Waals surface area contributed by atoms with Crippen LogP contribution in [0.5, 0.6) is 5.75 Å². The van der Waals surface area contributed by atoms with Crippen molar-refractivity contribution in [2.45, 2.75) is 53.0 Å². The molecule has 0 spiro atoms. The summed E-state index contributed by atoms with van der Waals surface area (Å²) in [4.78, 5) is 0. The van der Waals surface area contributed by atoms with Crippen molar-refractivity contribution in [1.82, 2.24) is 5.32 Å². The highest BCUT2D eigenvalue weighted by Gasteiger charge is 2.19. The zero-order valence-electron chi connectivity index (χ0n) is 14.3. The molecule has 0 amide bonds. The Bertz CT molecular complexity index is 439. The molecule has 0 fully saturated rings. The normalized spacial score (nSPS) is 14.8. The van der Waals surface area contributed by atoms with Crippen LogP contribution >= 0.6 is 11.6 Å². The molecule has 3 heteroatoms. The summed E-state index contributed by atoms with van der Waals surface area (Å²) in [6, 6.07) is 6.28. The zero-order chi connectivity index (χ0) is 16.0. The second kappa shape index (κ2) is 8.05. The van der Waals surface area contributed by atoms with Crippen molar-refractivity contribution in [1.29, 1.82) is 0 Å². The number of methoxy groups -OCH3 is 1. The maximum atomic E-state index is 6.12. The summed E-state index contributed by atoms with van der Waals surface area (Å²) in [6.07, 6.45) is 3.33. The minimum Gasteiger partial charge on any atom is -0.496 e. The summed E-state index contributed by atoms with van der Waals surface area (Å²) < 4.78 is 5.44. The van der Waals surface area contributed by atoms with Gasteiger partial charge in [0.25, 0.3) is 0 Å². The summed E-state index contributed by atoms with van der Waals surface area (Å²) in [5.41, 5.74) is 1.55. The van der Waals surface area contributed by atoms with Crippen LogP contribution < -0.4 is 10.1 Å². The average Bonchev–Trinajstić information content (AvgIpc) is 2.36. The van der Waals surface area contributed by atoms with E-state index in [4.69, 9.17) is 16.3 Å². The largest absolute Gasteiger partial charge is 0.496 e. The van der Waals surface area contributed by atoms with E-state index in [1.54, 1.807) is 7.11 Å². The summed E-state index contributed by atoms with van der Waals surface area (Å²) >= 11 is 6.12. The summed E-state index contributed by atoms with van der Waals surface area (Å²) in [6.45, 7) is 9.25. The quantitative estimate of drug-likeness (QED) is 0.770. The van der Waals surface area contributed by atoms with Crippen molar-refractivity contribution in [3.05, 3.63) is 28.8 Å². The van der Waals surface area contributed by atoms with Gasteiger partial charge in [0.2, 0.25) is 0 Å². The van der Waals surface area contributed by atoms with Gasteiger partial charge in [-0.15, -0.1) is 0 Å². The predicted octanol–water partition coefficient (Wildman–Crippen LogP) is 4.94. The number of halogens is 1. The van der Waals surface area contributed by atoms with Crippen LogP contribution in [0.15, 0.2) is 18.2 Å². The van der Waals surface area contributed by atoms with Gasteiger partial charge in [0.05, 0.1) is 7.11 Å². The predicted molar refractivity (Wildman–Crippen MR) is 92.4 cm³/mol. The molecule has 0 bridgehead atoms. The lowest BCUT2D eigenvalue weighted by molar-refractivity contribution is 0.277. The Morgan fingerprint density at radius 3 is 2.48 bits per heavy atom. The monoisotopic (exact) mass is 311 g/mol. The van der Waals surface area contributed by atoms with E-state index in [1.165, 1.54) is 12.0 Å². The van der Waals surface area contributed by atoms with Gasteiger partial charge in [-0.1, -0.05) is 39.3 Å². The minimum atomic E-state index is 0.380. The highest BCUT2D eigenvalue weighted by Crippen LogP contribution is 2.29. The molecule has 0 saturated carbocycles. The maximum Gasteiger partial charge on any atom is 0.122 e. The number of ether oxygens (including phenoxy) is 1. The zero-order valence-corrected chi connectivity index (χ0v) is 15.1. The van der Waals surface area contributed by atoms with Gasteiger partial charge in [-0.3, -0.25) is 0 Å². The van der Waals surface area contributed by atoms with E-state index in [2.05, 4.69) is 33.0 Å². The number of nitrogens with one attached hydrogen (secondary N) is 1. The molecule has 1 aromatic carbocycles. The second-order valence-electron chi connectivity index (χ2n) is 7.25. The summed E-state index contributed by atoms with van der Waals surface area (Å²) in [7, 11) is 3.74. The first kappa shape index (κ1) is 18.3. The minimum absolute atomic E-state index is 0.380. The molecule has 0 aromatic heterocycles. The molecule has 0 saturated heterocycles. The van der Waals surface area contributed by atoms with Crippen LogP contribution in [0.1, 0.15) is 46.1 Å². The Balaban J connectivity index is 2.72. The van der Waals surface area contributed by atoms with Crippen LogP contribution in [0.3, 0.4) is 0 Å². The first-order valence-corrected chi connectivity index (χ1v) is 8.12. The lowest BCUT2D eigenvalue weighted by atomic mass is 9.82. The third-order valence-electron chi connectivity index (χ3n) is 3.76. The molecule has 0 aliphatic heterocycles. The smallest absolute Gasteiger partial charge is 0.122 e. The van der Waals surface area contributed by atoms with Crippen molar-refractivity contribution in [3.63, 3.8) is 0 Å². The Morgan fingerprint density at radius 2 is 1.95 bits per heavy atom. The average molecular weight is 312 g/mol. The molecule has 2 atom stereocenters.